The van der Waals surface area contributed by atoms with Crippen molar-refractivity contribution >= 4 is 23.3 Å². The molecule has 0 fully saturated rings. The fourth-order valence-electron chi connectivity index (χ4n) is 2.33. The Bertz CT molecular complexity index is 818. The second kappa shape index (κ2) is 7.19. The van der Waals surface area contributed by atoms with Gasteiger partial charge in [0.2, 0.25) is 0 Å². The van der Waals surface area contributed by atoms with Gasteiger partial charge in [0.25, 0.3) is 0 Å². The molecule has 0 aliphatic carbocycles. The van der Waals surface area contributed by atoms with E-state index in [1.807, 2.05) is 48.7 Å². The number of anilines is 1. The van der Waals surface area contributed by atoms with Gasteiger partial charge < -0.3 is 10.2 Å². The first-order chi connectivity index (χ1) is 11.6. The van der Waals surface area contributed by atoms with Gasteiger partial charge in [-0.15, -0.1) is 0 Å². The first-order valence-electron chi connectivity index (χ1n) is 7.49. The van der Waals surface area contributed by atoms with E-state index in [0.717, 1.165) is 11.3 Å². The van der Waals surface area contributed by atoms with Gasteiger partial charge in [-0.1, -0.05) is 41.9 Å². The third kappa shape index (κ3) is 3.75. The molecule has 0 aliphatic heterocycles. The lowest BCUT2D eigenvalue weighted by Gasteiger charge is -2.18. The zero-order valence-corrected chi connectivity index (χ0v) is 13.9. The van der Waals surface area contributed by atoms with Crippen LogP contribution in [0.3, 0.4) is 0 Å². The molecule has 0 spiro atoms. The molecule has 0 bridgehead atoms. The Morgan fingerprint density at radius 1 is 1.21 bits per heavy atom. The maximum atomic E-state index is 12.3. The molecule has 3 aromatic rings. The van der Waals surface area contributed by atoms with Crippen LogP contribution in [0.15, 0.2) is 67.0 Å². The van der Waals surface area contributed by atoms with Crippen molar-refractivity contribution in [2.24, 2.45) is 0 Å². The number of urea groups is 1. The maximum absolute atomic E-state index is 12.3. The van der Waals surface area contributed by atoms with Crippen molar-refractivity contribution in [2.75, 3.05) is 12.4 Å². The number of hydrogen-bond acceptors (Lipinski definition) is 2. The van der Waals surface area contributed by atoms with E-state index in [2.05, 4.69) is 10.4 Å². The smallest absolute Gasteiger partial charge is 0.321 e. The molecule has 6 heteroatoms. The second-order valence-electron chi connectivity index (χ2n) is 5.39. The molecular weight excluding hydrogens is 324 g/mol. The molecule has 0 saturated carbocycles. The van der Waals surface area contributed by atoms with Crippen molar-refractivity contribution in [1.29, 1.82) is 0 Å². The van der Waals surface area contributed by atoms with Gasteiger partial charge in [-0.25, -0.2) is 9.48 Å². The summed E-state index contributed by atoms with van der Waals surface area (Å²) in [7, 11) is 1.75. The molecule has 0 radical (unpaired) electrons. The average Bonchev–Trinajstić information content (AvgIpc) is 3.10. The monoisotopic (exact) mass is 340 g/mol. The maximum Gasteiger partial charge on any atom is 0.321 e. The minimum absolute atomic E-state index is 0.193. The van der Waals surface area contributed by atoms with E-state index >= 15 is 0 Å². The van der Waals surface area contributed by atoms with E-state index in [0.29, 0.717) is 17.3 Å². The van der Waals surface area contributed by atoms with Crippen LogP contribution in [-0.4, -0.2) is 27.8 Å². The summed E-state index contributed by atoms with van der Waals surface area (Å²) in [6, 6.07) is 16.8. The Morgan fingerprint density at radius 2 is 2.00 bits per heavy atom. The van der Waals surface area contributed by atoms with E-state index in [9.17, 15) is 4.79 Å². The molecule has 1 N–H and O–H groups in total. The zero-order valence-electron chi connectivity index (χ0n) is 13.2. The molecule has 0 saturated heterocycles. The van der Waals surface area contributed by atoms with Crippen LogP contribution in [0.1, 0.15) is 5.56 Å². The lowest BCUT2D eigenvalue weighted by molar-refractivity contribution is 0.220. The molecule has 1 aromatic heterocycles. The Morgan fingerprint density at radius 3 is 2.67 bits per heavy atom. The van der Waals surface area contributed by atoms with E-state index in [-0.39, 0.29) is 6.03 Å². The molecule has 122 valence electrons. The number of hydrogen-bond donors (Lipinski definition) is 1. The molecule has 0 aliphatic rings. The van der Waals surface area contributed by atoms with E-state index in [1.54, 1.807) is 35.0 Å². The molecule has 1 heterocycles. The SMILES string of the molecule is CN(Cc1ccccc1)C(=O)Nc1ccc(-n2cccn2)c(Cl)c1. The molecule has 2 amide bonds. The number of amides is 2. The number of carbonyl (C=O) groups is 1. The average molecular weight is 341 g/mol. The highest BCUT2D eigenvalue weighted by Crippen LogP contribution is 2.24. The van der Waals surface area contributed by atoms with Crippen LogP contribution in [0.25, 0.3) is 5.69 Å². The van der Waals surface area contributed by atoms with Crippen molar-refractivity contribution in [3.8, 4) is 5.69 Å². The van der Waals surface area contributed by atoms with Gasteiger partial charge >= 0.3 is 6.03 Å². The summed E-state index contributed by atoms with van der Waals surface area (Å²) in [6.07, 6.45) is 3.50. The fourth-order valence-corrected chi connectivity index (χ4v) is 2.60. The van der Waals surface area contributed by atoms with Gasteiger partial charge in [-0.2, -0.15) is 5.10 Å². The number of carbonyl (C=O) groups excluding carboxylic acids is 1. The quantitative estimate of drug-likeness (QED) is 0.774. The normalized spacial score (nSPS) is 10.4. The largest absolute Gasteiger partial charge is 0.323 e. The van der Waals surface area contributed by atoms with Gasteiger partial charge in [-0.05, 0) is 29.8 Å². The minimum Gasteiger partial charge on any atom is -0.323 e. The summed E-state index contributed by atoms with van der Waals surface area (Å²) in [6.45, 7) is 0.534. The van der Waals surface area contributed by atoms with Crippen molar-refractivity contribution in [1.82, 2.24) is 14.7 Å². The highest BCUT2D eigenvalue weighted by Gasteiger charge is 2.11. The molecule has 24 heavy (non-hydrogen) atoms. The van der Waals surface area contributed by atoms with Gasteiger partial charge in [0.15, 0.2) is 0 Å². The molecular formula is C18H17ClN4O. The molecule has 3 rings (SSSR count). The highest BCUT2D eigenvalue weighted by molar-refractivity contribution is 6.32. The predicted octanol–water partition coefficient (Wildman–Crippen LogP) is 4.19. The van der Waals surface area contributed by atoms with Crippen molar-refractivity contribution in [3.63, 3.8) is 0 Å². The third-order valence-corrected chi connectivity index (χ3v) is 3.86. The number of aromatic nitrogens is 2. The van der Waals surface area contributed by atoms with E-state index < -0.39 is 0 Å². The minimum atomic E-state index is -0.193. The Labute approximate surface area is 145 Å². The standard InChI is InChI=1S/C18H17ClN4O/c1-22(13-14-6-3-2-4-7-14)18(24)21-15-8-9-17(16(19)12-15)23-11-5-10-20-23/h2-12H,13H2,1H3,(H,21,24). The number of nitrogens with zero attached hydrogens (tertiary/aromatic N) is 3. The second-order valence-corrected chi connectivity index (χ2v) is 5.80. The van der Waals surface area contributed by atoms with E-state index in [4.69, 9.17) is 11.6 Å². The summed E-state index contributed by atoms with van der Waals surface area (Å²) in [5.74, 6) is 0. The molecule has 5 nitrogen and oxygen atoms in total. The first kappa shape index (κ1) is 16.1. The van der Waals surface area contributed by atoms with Gasteiger partial charge in [0, 0.05) is 31.7 Å². The van der Waals surface area contributed by atoms with Crippen molar-refractivity contribution < 1.29 is 4.79 Å². The predicted molar refractivity (Wildman–Crippen MR) is 95.5 cm³/mol. The van der Waals surface area contributed by atoms with Gasteiger partial charge in [0.05, 0.1) is 10.7 Å². The molecule has 0 unspecified atom stereocenters. The number of halogens is 1. The van der Waals surface area contributed by atoms with Crippen LogP contribution in [0.2, 0.25) is 5.02 Å². The van der Waals surface area contributed by atoms with Crippen LogP contribution in [0.5, 0.6) is 0 Å². The van der Waals surface area contributed by atoms with Crippen LogP contribution in [0, 0.1) is 0 Å². The Hall–Kier alpha value is -2.79. The van der Waals surface area contributed by atoms with E-state index in [1.165, 1.54) is 0 Å². The van der Waals surface area contributed by atoms with Crippen molar-refractivity contribution in [3.05, 3.63) is 77.6 Å². The summed E-state index contributed by atoms with van der Waals surface area (Å²) in [4.78, 5) is 13.9. The number of rotatable bonds is 4. The van der Waals surface area contributed by atoms with Crippen LogP contribution in [0.4, 0.5) is 10.5 Å². The van der Waals surface area contributed by atoms with Crippen LogP contribution < -0.4 is 5.32 Å². The Balaban J connectivity index is 1.67. The summed E-state index contributed by atoms with van der Waals surface area (Å²) >= 11 is 6.29. The third-order valence-electron chi connectivity index (χ3n) is 3.56. The lowest BCUT2D eigenvalue weighted by atomic mass is 10.2. The van der Waals surface area contributed by atoms with Crippen LogP contribution >= 0.6 is 11.6 Å². The lowest BCUT2D eigenvalue weighted by Crippen LogP contribution is -2.30. The molecule has 0 atom stereocenters. The fraction of sp³-hybridized carbons (Fsp3) is 0.111. The van der Waals surface area contributed by atoms with Crippen molar-refractivity contribution in [2.45, 2.75) is 6.54 Å². The van der Waals surface area contributed by atoms with Gasteiger partial charge in [-0.3, -0.25) is 0 Å². The zero-order chi connectivity index (χ0) is 16.9. The summed E-state index contributed by atoms with van der Waals surface area (Å²) in [5, 5.41) is 7.51. The summed E-state index contributed by atoms with van der Waals surface area (Å²) < 4.78 is 1.68. The number of nitrogens with one attached hydrogen (secondary N) is 1. The number of benzene rings is 2. The molecule has 2 aromatic carbocycles. The highest BCUT2D eigenvalue weighted by atomic mass is 35.5. The first-order valence-corrected chi connectivity index (χ1v) is 7.87. The Kier molecular flexibility index (Phi) is 4.82. The van der Waals surface area contributed by atoms with Crippen LogP contribution in [-0.2, 0) is 6.54 Å². The summed E-state index contributed by atoms with van der Waals surface area (Å²) in [5.41, 5.74) is 2.47. The topological polar surface area (TPSA) is 50.2 Å². The van der Waals surface area contributed by atoms with Gasteiger partial charge in [0.1, 0.15) is 0 Å².